The van der Waals surface area contributed by atoms with Gasteiger partial charge in [0.05, 0.1) is 28.3 Å². The highest BCUT2D eigenvalue weighted by atomic mass is 16.3. The fourth-order valence-electron chi connectivity index (χ4n) is 6.72. The maximum Gasteiger partial charge on any atom is 0.148 e. The molecule has 0 unspecified atom stereocenters. The van der Waals surface area contributed by atoms with E-state index in [1.807, 2.05) is 60.7 Å². The van der Waals surface area contributed by atoms with E-state index >= 15 is 0 Å². The summed E-state index contributed by atoms with van der Waals surface area (Å²) in [7, 11) is 0. The predicted molar refractivity (Wildman–Crippen MR) is 194 cm³/mol. The Balaban J connectivity index is 1.27. The van der Waals surface area contributed by atoms with Crippen LogP contribution in [0.4, 0.5) is 0 Å². The van der Waals surface area contributed by atoms with E-state index in [1.165, 1.54) is 0 Å². The van der Waals surface area contributed by atoms with Crippen LogP contribution in [0.2, 0.25) is 0 Å². The summed E-state index contributed by atoms with van der Waals surface area (Å²) in [6.07, 6.45) is 2.06. The molecule has 9 rings (SSSR count). The fourth-order valence-corrected chi connectivity index (χ4v) is 6.72. The van der Waals surface area contributed by atoms with Gasteiger partial charge in [0.1, 0.15) is 22.6 Å². The number of furan rings is 1. The average Bonchev–Trinajstić information content (AvgIpc) is 3.71. The van der Waals surface area contributed by atoms with Crippen LogP contribution in [-0.4, -0.2) is 19.5 Å². The van der Waals surface area contributed by atoms with E-state index in [0.29, 0.717) is 16.8 Å². The van der Waals surface area contributed by atoms with Crippen LogP contribution in [-0.2, 0) is 0 Å². The molecule has 0 fully saturated rings. The Hall–Kier alpha value is -6.46. The number of aryl methyl sites for hydroxylation is 1. The molecule has 0 atom stereocenters. The molecular weight excluding hydrogens is 590 g/mol. The second-order valence-electron chi connectivity index (χ2n) is 12.1. The zero-order chi connectivity index (χ0) is 32.2. The maximum atomic E-state index is 11.3. The Bertz CT molecular complexity index is 2650. The highest BCUT2D eigenvalue weighted by Crippen LogP contribution is 2.42. The van der Waals surface area contributed by atoms with Crippen LogP contribution in [0.3, 0.4) is 0 Å². The van der Waals surface area contributed by atoms with Gasteiger partial charge < -0.3 is 9.52 Å². The Morgan fingerprint density at radius 2 is 1.31 bits per heavy atom. The predicted octanol–water partition coefficient (Wildman–Crippen LogP) is 11.0. The Kier molecular flexibility index (Phi) is 6.44. The lowest BCUT2D eigenvalue weighted by atomic mass is 9.96. The summed E-state index contributed by atoms with van der Waals surface area (Å²) in [4.78, 5) is 10.3. The van der Waals surface area contributed by atoms with Gasteiger partial charge in [0.15, 0.2) is 0 Å². The molecule has 0 spiro atoms. The molecule has 0 saturated carbocycles. The number of imidazole rings is 1. The molecular formula is C43H29N3O2. The SMILES string of the molecule is Cc1cccc(-c2cc(-c3cccc(-c4nc5ccccn5c4-c4ccccc4)c3)nc(-c3c(O)ccc4c3oc3ccccc34)c2)c1. The summed E-state index contributed by atoms with van der Waals surface area (Å²) < 4.78 is 8.52. The van der Waals surface area contributed by atoms with E-state index in [0.717, 1.165) is 72.5 Å². The van der Waals surface area contributed by atoms with E-state index in [-0.39, 0.29) is 5.75 Å². The lowest BCUT2D eigenvalue weighted by Crippen LogP contribution is -1.93. The number of nitrogens with zero attached hydrogens (tertiary/aromatic N) is 3. The average molecular weight is 620 g/mol. The first-order valence-corrected chi connectivity index (χ1v) is 16.0. The zero-order valence-corrected chi connectivity index (χ0v) is 26.1. The van der Waals surface area contributed by atoms with Gasteiger partial charge in [-0.25, -0.2) is 9.97 Å². The van der Waals surface area contributed by atoms with Gasteiger partial charge in [-0.15, -0.1) is 0 Å². The monoisotopic (exact) mass is 619 g/mol. The summed E-state index contributed by atoms with van der Waals surface area (Å²) in [6.45, 7) is 2.09. The van der Waals surface area contributed by atoms with Crippen LogP contribution >= 0.6 is 0 Å². The smallest absolute Gasteiger partial charge is 0.148 e. The van der Waals surface area contributed by atoms with Crippen LogP contribution in [0.25, 0.3) is 83.7 Å². The standard InChI is InChI=1S/C43H29N3O2/c1-27-11-9-14-29(23-27)32-25-35(44-36(26-32)40-37(47)21-20-34-33-17-5-6-18-38(33)48-43(34)40)30-15-10-16-31(24-30)41-42(28-12-3-2-4-13-28)46-22-8-7-19-39(46)45-41/h2-26,47H,1H3. The lowest BCUT2D eigenvalue weighted by molar-refractivity contribution is 0.477. The molecule has 0 aliphatic rings. The number of aromatic nitrogens is 3. The molecule has 4 heterocycles. The van der Waals surface area contributed by atoms with Crippen LogP contribution in [0.15, 0.2) is 156 Å². The molecule has 0 aliphatic heterocycles. The topological polar surface area (TPSA) is 63.6 Å². The third kappa shape index (κ3) is 4.64. The Morgan fingerprint density at radius 1 is 0.562 bits per heavy atom. The number of hydrogen-bond donors (Lipinski definition) is 1. The van der Waals surface area contributed by atoms with Crippen LogP contribution in [0, 0.1) is 6.92 Å². The number of rotatable bonds is 5. The zero-order valence-electron chi connectivity index (χ0n) is 26.1. The first-order chi connectivity index (χ1) is 23.6. The number of aromatic hydroxyl groups is 1. The number of para-hydroxylation sites is 1. The first-order valence-electron chi connectivity index (χ1n) is 16.0. The molecule has 5 heteroatoms. The van der Waals surface area contributed by atoms with E-state index in [9.17, 15) is 5.11 Å². The van der Waals surface area contributed by atoms with Crippen molar-refractivity contribution in [3.8, 4) is 61.9 Å². The summed E-state index contributed by atoms with van der Waals surface area (Å²) >= 11 is 0. The van der Waals surface area contributed by atoms with E-state index in [4.69, 9.17) is 14.4 Å². The molecule has 0 amide bonds. The molecule has 4 aromatic heterocycles. The molecule has 228 valence electrons. The molecule has 0 saturated heterocycles. The van der Waals surface area contributed by atoms with Gasteiger partial charge in [0.2, 0.25) is 0 Å². The molecule has 0 bridgehead atoms. The van der Waals surface area contributed by atoms with Crippen molar-refractivity contribution in [2.75, 3.05) is 0 Å². The highest BCUT2D eigenvalue weighted by molar-refractivity contribution is 6.10. The number of phenols is 1. The Labute approximate surface area is 277 Å². The lowest BCUT2D eigenvalue weighted by Gasteiger charge is -2.13. The highest BCUT2D eigenvalue weighted by Gasteiger charge is 2.20. The normalized spacial score (nSPS) is 11.5. The van der Waals surface area contributed by atoms with Crippen LogP contribution in [0.5, 0.6) is 5.75 Å². The van der Waals surface area contributed by atoms with Crippen molar-refractivity contribution in [3.63, 3.8) is 0 Å². The van der Waals surface area contributed by atoms with Crippen molar-refractivity contribution in [1.82, 2.24) is 14.4 Å². The minimum Gasteiger partial charge on any atom is -0.507 e. The van der Waals surface area contributed by atoms with Gasteiger partial charge in [-0.3, -0.25) is 4.40 Å². The van der Waals surface area contributed by atoms with Crippen molar-refractivity contribution in [1.29, 1.82) is 0 Å². The second-order valence-corrected chi connectivity index (χ2v) is 12.1. The first kappa shape index (κ1) is 27.8. The van der Waals surface area contributed by atoms with Crippen molar-refractivity contribution in [2.24, 2.45) is 0 Å². The van der Waals surface area contributed by atoms with Gasteiger partial charge in [-0.1, -0.05) is 103 Å². The molecule has 0 radical (unpaired) electrons. The maximum absolute atomic E-state index is 11.3. The number of phenolic OH excluding ortho intramolecular Hbond substituents is 1. The van der Waals surface area contributed by atoms with Crippen molar-refractivity contribution < 1.29 is 9.52 Å². The largest absolute Gasteiger partial charge is 0.507 e. The van der Waals surface area contributed by atoms with E-state index in [1.54, 1.807) is 6.07 Å². The number of fused-ring (bicyclic) bond motifs is 4. The Morgan fingerprint density at radius 3 is 2.21 bits per heavy atom. The molecule has 1 N–H and O–H groups in total. The molecule has 5 nitrogen and oxygen atoms in total. The van der Waals surface area contributed by atoms with Crippen LogP contribution in [0.1, 0.15) is 5.56 Å². The molecule has 9 aromatic rings. The van der Waals surface area contributed by atoms with Crippen molar-refractivity contribution in [2.45, 2.75) is 6.92 Å². The quantitative estimate of drug-likeness (QED) is 0.208. The summed E-state index contributed by atoms with van der Waals surface area (Å²) in [5.41, 5.74) is 12.4. The molecule has 5 aromatic carbocycles. The van der Waals surface area contributed by atoms with Gasteiger partial charge in [-0.2, -0.15) is 0 Å². The van der Waals surface area contributed by atoms with Gasteiger partial charge in [0.25, 0.3) is 0 Å². The van der Waals surface area contributed by atoms with Gasteiger partial charge in [-0.05, 0) is 66.6 Å². The summed E-state index contributed by atoms with van der Waals surface area (Å²) in [5, 5.41) is 13.3. The van der Waals surface area contributed by atoms with Gasteiger partial charge in [0, 0.05) is 33.7 Å². The van der Waals surface area contributed by atoms with Crippen molar-refractivity contribution in [3.05, 3.63) is 157 Å². The molecule has 48 heavy (non-hydrogen) atoms. The third-order valence-electron chi connectivity index (χ3n) is 8.97. The third-order valence-corrected chi connectivity index (χ3v) is 8.97. The number of pyridine rings is 2. The fraction of sp³-hybridized carbons (Fsp3) is 0.0233. The minimum atomic E-state index is 0.118. The second kappa shape index (κ2) is 11.1. The van der Waals surface area contributed by atoms with E-state index in [2.05, 4.69) is 96.4 Å². The molecule has 0 aliphatic carbocycles. The van der Waals surface area contributed by atoms with Gasteiger partial charge >= 0.3 is 0 Å². The summed E-state index contributed by atoms with van der Waals surface area (Å²) in [5.74, 6) is 0.118. The van der Waals surface area contributed by atoms with Crippen molar-refractivity contribution >= 4 is 27.6 Å². The number of benzene rings is 5. The minimum absolute atomic E-state index is 0.118. The summed E-state index contributed by atoms with van der Waals surface area (Å²) in [6, 6.07) is 49.0. The van der Waals surface area contributed by atoms with E-state index < -0.39 is 0 Å². The van der Waals surface area contributed by atoms with Crippen LogP contribution < -0.4 is 0 Å². The number of hydrogen-bond acceptors (Lipinski definition) is 4.